The van der Waals surface area contributed by atoms with Gasteiger partial charge in [-0.2, -0.15) is 0 Å². The van der Waals surface area contributed by atoms with Gasteiger partial charge in [-0.3, -0.25) is 9.97 Å². The predicted octanol–water partition coefficient (Wildman–Crippen LogP) is 3.29. The van der Waals surface area contributed by atoms with Gasteiger partial charge in [0.25, 0.3) is 0 Å². The summed E-state index contributed by atoms with van der Waals surface area (Å²) in [7, 11) is 0. The van der Waals surface area contributed by atoms with Gasteiger partial charge in [0.15, 0.2) is 0 Å². The minimum Gasteiger partial charge on any atom is -0.478 e. The molecule has 0 aliphatic rings. The second-order valence-electron chi connectivity index (χ2n) is 4.23. The summed E-state index contributed by atoms with van der Waals surface area (Å²) in [5.41, 5.74) is 1.12. The van der Waals surface area contributed by atoms with Crippen molar-refractivity contribution in [2.45, 2.75) is 0 Å². The SMILES string of the molecule is O=C(O)c1cc(-c2cnccn2)nc2c(Br)cc(F)cc12. The van der Waals surface area contributed by atoms with Crippen molar-refractivity contribution in [2.75, 3.05) is 0 Å². The molecule has 2 heterocycles. The molecule has 3 rings (SSSR count). The van der Waals surface area contributed by atoms with Crippen LogP contribution in [0.15, 0.2) is 41.3 Å². The highest BCUT2D eigenvalue weighted by molar-refractivity contribution is 9.10. The normalized spacial score (nSPS) is 10.8. The van der Waals surface area contributed by atoms with E-state index >= 15 is 0 Å². The third-order valence-electron chi connectivity index (χ3n) is 2.89. The fourth-order valence-corrected chi connectivity index (χ4v) is 2.51. The molecule has 0 radical (unpaired) electrons. The Hall–Kier alpha value is -2.41. The van der Waals surface area contributed by atoms with Gasteiger partial charge in [0, 0.05) is 22.3 Å². The first-order valence-corrected chi connectivity index (χ1v) is 6.65. The van der Waals surface area contributed by atoms with Crippen molar-refractivity contribution in [3.8, 4) is 11.4 Å². The average molecular weight is 348 g/mol. The van der Waals surface area contributed by atoms with E-state index in [2.05, 4.69) is 30.9 Å². The largest absolute Gasteiger partial charge is 0.478 e. The number of benzene rings is 1. The van der Waals surface area contributed by atoms with Crippen LogP contribution >= 0.6 is 15.9 Å². The molecule has 104 valence electrons. The van der Waals surface area contributed by atoms with E-state index in [-0.39, 0.29) is 10.9 Å². The Bertz CT molecular complexity index is 856. The Labute approximate surface area is 126 Å². The van der Waals surface area contributed by atoms with Crippen LogP contribution in [0.5, 0.6) is 0 Å². The van der Waals surface area contributed by atoms with E-state index in [1.807, 2.05) is 0 Å². The van der Waals surface area contributed by atoms with Gasteiger partial charge in [-0.25, -0.2) is 14.2 Å². The summed E-state index contributed by atoms with van der Waals surface area (Å²) in [6.45, 7) is 0. The number of carboxylic acid groups (broad SMARTS) is 1. The molecule has 0 atom stereocenters. The zero-order chi connectivity index (χ0) is 15.0. The number of carboxylic acids is 1. The lowest BCUT2D eigenvalue weighted by Crippen LogP contribution is -2.02. The standard InChI is InChI=1S/C14H7BrFN3O2/c15-10-4-7(16)3-8-9(14(20)21)5-11(19-13(8)10)12-6-17-1-2-18-12/h1-6H,(H,20,21). The lowest BCUT2D eigenvalue weighted by molar-refractivity contribution is 0.0699. The molecule has 0 fully saturated rings. The third-order valence-corrected chi connectivity index (χ3v) is 3.49. The van der Waals surface area contributed by atoms with Crippen molar-refractivity contribution in [1.29, 1.82) is 0 Å². The lowest BCUT2D eigenvalue weighted by Gasteiger charge is -2.08. The summed E-state index contributed by atoms with van der Waals surface area (Å²) < 4.78 is 13.9. The maximum atomic E-state index is 13.5. The Morgan fingerprint density at radius 3 is 2.67 bits per heavy atom. The summed E-state index contributed by atoms with van der Waals surface area (Å²) >= 11 is 3.21. The van der Waals surface area contributed by atoms with Gasteiger partial charge in [0.2, 0.25) is 0 Å². The molecule has 0 spiro atoms. The number of aromatic nitrogens is 3. The molecule has 1 aromatic carbocycles. The van der Waals surface area contributed by atoms with Crippen LogP contribution in [-0.4, -0.2) is 26.0 Å². The molecule has 0 saturated heterocycles. The molecule has 1 N–H and O–H groups in total. The van der Waals surface area contributed by atoms with Gasteiger partial charge in [0.1, 0.15) is 11.5 Å². The fourth-order valence-electron chi connectivity index (χ4n) is 1.99. The van der Waals surface area contributed by atoms with Crippen LogP contribution in [0, 0.1) is 5.82 Å². The smallest absolute Gasteiger partial charge is 0.336 e. The zero-order valence-electron chi connectivity index (χ0n) is 10.4. The molecule has 0 saturated carbocycles. The second-order valence-corrected chi connectivity index (χ2v) is 5.09. The number of hydrogen-bond acceptors (Lipinski definition) is 4. The third kappa shape index (κ3) is 2.47. The summed E-state index contributed by atoms with van der Waals surface area (Å²) in [6.07, 6.45) is 4.48. The molecule has 0 aliphatic heterocycles. The van der Waals surface area contributed by atoms with Gasteiger partial charge in [-0.1, -0.05) is 0 Å². The van der Waals surface area contributed by atoms with Crippen LogP contribution in [0.3, 0.4) is 0 Å². The molecule has 21 heavy (non-hydrogen) atoms. The monoisotopic (exact) mass is 347 g/mol. The van der Waals surface area contributed by atoms with Crippen LogP contribution in [0.25, 0.3) is 22.3 Å². The highest BCUT2D eigenvalue weighted by Crippen LogP contribution is 2.29. The molecule has 0 unspecified atom stereocenters. The second kappa shape index (κ2) is 5.17. The Kier molecular flexibility index (Phi) is 3.34. The van der Waals surface area contributed by atoms with E-state index in [9.17, 15) is 14.3 Å². The molecule has 0 aliphatic carbocycles. The molecule has 3 aromatic rings. The van der Waals surface area contributed by atoms with Crippen LogP contribution < -0.4 is 0 Å². The Morgan fingerprint density at radius 1 is 1.19 bits per heavy atom. The van der Waals surface area contributed by atoms with Gasteiger partial charge in [0.05, 0.1) is 23.0 Å². The average Bonchev–Trinajstić information content (AvgIpc) is 2.47. The van der Waals surface area contributed by atoms with Crippen LogP contribution in [0.4, 0.5) is 4.39 Å². The van der Waals surface area contributed by atoms with Crippen molar-refractivity contribution < 1.29 is 14.3 Å². The first-order chi connectivity index (χ1) is 10.1. The van der Waals surface area contributed by atoms with Gasteiger partial charge in [-0.05, 0) is 34.1 Å². The minimum absolute atomic E-state index is 0.0409. The van der Waals surface area contributed by atoms with Crippen molar-refractivity contribution in [2.24, 2.45) is 0 Å². The van der Waals surface area contributed by atoms with Crippen molar-refractivity contribution in [1.82, 2.24) is 15.0 Å². The number of aromatic carboxylic acids is 1. The van der Waals surface area contributed by atoms with Gasteiger partial charge >= 0.3 is 5.97 Å². The predicted molar refractivity (Wildman–Crippen MR) is 77.4 cm³/mol. The van der Waals surface area contributed by atoms with Gasteiger partial charge < -0.3 is 5.11 Å². The van der Waals surface area contributed by atoms with Crippen molar-refractivity contribution in [3.63, 3.8) is 0 Å². The maximum absolute atomic E-state index is 13.5. The summed E-state index contributed by atoms with van der Waals surface area (Å²) in [4.78, 5) is 23.8. The van der Waals surface area contributed by atoms with E-state index in [0.29, 0.717) is 21.4 Å². The molecule has 5 nitrogen and oxygen atoms in total. The van der Waals surface area contributed by atoms with Crippen LogP contribution in [-0.2, 0) is 0 Å². The molecule has 7 heteroatoms. The maximum Gasteiger partial charge on any atom is 0.336 e. The van der Waals surface area contributed by atoms with Gasteiger partial charge in [-0.15, -0.1) is 0 Å². The fraction of sp³-hybridized carbons (Fsp3) is 0. The number of fused-ring (bicyclic) bond motifs is 1. The number of carbonyl (C=O) groups is 1. The Balaban J connectivity index is 2.38. The molecule has 2 aromatic heterocycles. The first kappa shape index (κ1) is 13.6. The van der Waals surface area contributed by atoms with E-state index < -0.39 is 11.8 Å². The number of pyridine rings is 1. The zero-order valence-corrected chi connectivity index (χ0v) is 12.0. The summed E-state index contributed by atoms with van der Waals surface area (Å²) in [5, 5.41) is 9.56. The van der Waals surface area contributed by atoms with E-state index in [1.54, 1.807) is 0 Å². The summed E-state index contributed by atoms with van der Waals surface area (Å²) in [5.74, 6) is -1.70. The number of rotatable bonds is 2. The van der Waals surface area contributed by atoms with Crippen LogP contribution in [0.1, 0.15) is 10.4 Å². The minimum atomic E-state index is -1.16. The van der Waals surface area contributed by atoms with E-state index in [4.69, 9.17) is 0 Å². The van der Waals surface area contributed by atoms with Crippen molar-refractivity contribution >= 4 is 32.8 Å². The summed E-state index contributed by atoms with van der Waals surface area (Å²) in [6, 6.07) is 3.75. The Morgan fingerprint density at radius 2 is 2.00 bits per heavy atom. The van der Waals surface area contributed by atoms with Crippen molar-refractivity contribution in [3.05, 3.63) is 52.6 Å². The number of hydrogen-bond donors (Lipinski definition) is 1. The number of nitrogens with zero attached hydrogens (tertiary/aromatic N) is 3. The first-order valence-electron chi connectivity index (χ1n) is 5.86. The quantitative estimate of drug-likeness (QED) is 0.769. The molecule has 0 bridgehead atoms. The number of halogens is 2. The van der Waals surface area contributed by atoms with Crippen LogP contribution in [0.2, 0.25) is 0 Å². The molecule has 0 amide bonds. The van der Waals surface area contributed by atoms with E-state index in [0.717, 1.165) is 6.07 Å². The molecular weight excluding hydrogens is 341 g/mol. The highest BCUT2D eigenvalue weighted by atomic mass is 79.9. The van der Waals surface area contributed by atoms with E-state index in [1.165, 1.54) is 30.7 Å². The molecular formula is C14H7BrFN3O2. The lowest BCUT2D eigenvalue weighted by atomic mass is 10.1. The highest BCUT2D eigenvalue weighted by Gasteiger charge is 2.16. The topological polar surface area (TPSA) is 76.0 Å².